The molecule has 0 N–H and O–H groups in total. The van der Waals surface area contributed by atoms with E-state index < -0.39 is 10.3 Å². The molecule has 0 aromatic carbocycles. The molecule has 0 aliphatic carbocycles. The molecule has 0 unspecified atom stereocenters. The lowest BCUT2D eigenvalue weighted by Gasteiger charge is -2.27. The van der Waals surface area contributed by atoms with E-state index in [2.05, 4.69) is 4.98 Å². The number of thiazole rings is 1. The Labute approximate surface area is 122 Å². The number of aromatic nitrogens is 1. The highest BCUT2D eigenvalue weighted by atomic mass is 32.2. The summed E-state index contributed by atoms with van der Waals surface area (Å²) in [7, 11) is 0. The summed E-state index contributed by atoms with van der Waals surface area (Å²) >= 11 is 2.68. The quantitative estimate of drug-likeness (QED) is 0.483. The fourth-order valence-corrected chi connectivity index (χ4v) is 3.38. The molecular weight excluding hydrogens is 282 g/mol. The van der Waals surface area contributed by atoms with Gasteiger partial charge in [-0.05, 0) is 34.6 Å². The molecule has 0 radical (unpaired) electrons. The van der Waals surface area contributed by atoms with Crippen molar-refractivity contribution in [1.29, 1.82) is 0 Å². The van der Waals surface area contributed by atoms with Crippen LogP contribution in [0, 0.1) is 0 Å². The van der Waals surface area contributed by atoms with E-state index in [1.54, 1.807) is 19.2 Å². The van der Waals surface area contributed by atoms with Gasteiger partial charge in [-0.15, -0.1) is 11.3 Å². The number of carbonyl (C=O) groups is 2. The number of ketones is 1. The molecule has 0 aliphatic rings. The van der Waals surface area contributed by atoms with Crippen LogP contribution in [0.4, 0.5) is 0 Å². The molecular formula is C13H19NO3S2. The lowest BCUT2D eigenvalue weighted by Crippen LogP contribution is -2.36. The molecule has 1 heterocycles. The first kappa shape index (κ1) is 16.2. The molecule has 1 aromatic rings. The predicted octanol–water partition coefficient (Wildman–Crippen LogP) is 3.56. The molecule has 4 nitrogen and oxygen atoms in total. The van der Waals surface area contributed by atoms with Crippen molar-refractivity contribution in [2.45, 2.75) is 56.2 Å². The molecule has 0 spiro atoms. The number of Topliss-reactive ketones (excluding diaryl/α,β-unsaturated/α-hetero) is 1. The number of nitrogens with zero attached hydrogens (tertiary/aromatic N) is 1. The van der Waals surface area contributed by atoms with Gasteiger partial charge in [0.2, 0.25) is 0 Å². The molecule has 6 heteroatoms. The van der Waals surface area contributed by atoms with Crippen molar-refractivity contribution < 1.29 is 14.3 Å². The van der Waals surface area contributed by atoms with Gasteiger partial charge in [0.05, 0.1) is 0 Å². The van der Waals surface area contributed by atoms with Gasteiger partial charge in [0.25, 0.3) is 0 Å². The van der Waals surface area contributed by atoms with Crippen molar-refractivity contribution in [2.75, 3.05) is 0 Å². The van der Waals surface area contributed by atoms with E-state index in [1.807, 2.05) is 20.8 Å². The van der Waals surface area contributed by atoms with Crippen LogP contribution in [0.5, 0.6) is 0 Å². The van der Waals surface area contributed by atoms with E-state index in [1.165, 1.54) is 30.0 Å². The summed E-state index contributed by atoms with van der Waals surface area (Å²) in [5.74, 6) is -0.359. The second-order valence-corrected chi connectivity index (χ2v) is 8.40. The number of ether oxygens (including phenoxy) is 1. The van der Waals surface area contributed by atoms with Crippen molar-refractivity contribution in [2.24, 2.45) is 0 Å². The molecule has 19 heavy (non-hydrogen) atoms. The van der Waals surface area contributed by atoms with Crippen LogP contribution >= 0.6 is 23.1 Å². The van der Waals surface area contributed by atoms with Gasteiger partial charge in [0.1, 0.15) is 16.0 Å². The number of rotatable bonds is 4. The van der Waals surface area contributed by atoms with Crippen LogP contribution in [0.2, 0.25) is 0 Å². The zero-order chi connectivity index (χ0) is 14.8. The lowest BCUT2D eigenvalue weighted by atomic mass is 10.1. The average Bonchev–Trinajstić information content (AvgIpc) is 2.62. The van der Waals surface area contributed by atoms with Gasteiger partial charge < -0.3 is 4.74 Å². The minimum Gasteiger partial charge on any atom is -0.459 e. The molecule has 0 atom stereocenters. The minimum atomic E-state index is -0.737. The molecule has 0 saturated heterocycles. The zero-order valence-corrected chi connectivity index (χ0v) is 13.7. The minimum absolute atomic E-state index is 0.0711. The van der Waals surface area contributed by atoms with Gasteiger partial charge in [-0.1, -0.05) is 11.8 Å². The Morgan fingerprint density at radius 3 is 2.26 bits per heavy atom. The maximum absolute atomic E-state index is 12.1. The number of hydrogen-bond donors (Lipinski definition) is 0. The monoisotopic (exact) mass is 301 g/mol. The third-order valence-electron chi connectivity index (χ3n) is 2.08. The number of esters is 1. The Kier molecular flexibility index (Phi) is 4.79. The second-order valence-electron chi connectivity index (χ2n) is 5.67. The Bertz CT molecular complexity index is 486. The van der Waals surface area contributed by atoms with Crippen LogP contribution in [-0.2, 0) is 9.53 Å². The third kappa shape index (κ3) is 4.95. The van der Waals surface area contributed by atoms with E-state index in [0.717, 1.165) is 0 Å². The highest BCUT2D eigenvalue weighted by Crippen LogP contribution is 2.36. The fraction of sp³-hybridized carbons (Fsp3) is 0.615. The average molecular weight is 301 g/mol. The van der Waals surface area contributed by atoms with E-state index in [-0.39, 0.29) is 11.8 Å². The summed E-state index contributed by atoms with van der Waals surface area (Å²) in [6.45, 7) is 10.6. The van der Waals surface area contributed by atoms with E-state index >= 15 is 0 Å². The Hall–Kier alpha value is -0.880. The number of hydrogen-bond acceptors (Lipinski definition) is 6. The third-order valence-corrected chi connectivity index (χ3v) is 4.19. The van der Waals surface area contributed by atoms with Crippen LogP contribution < -0.4 is 0 Å². The molecule has 0 fully saturated rings. The summed E-state index contributed by atoms with van der Waals surface area (Å²) in [4.78, 5) is 27.5. The van der Waals surface area contributed by atoms with Crippen LogP contribution in [0.1, 0.15) is 52.0 Å². The van der Waals surface area contributed by atoms with Gasteiger partial charge in [0.15, 0.2) is 10.1 Å². The first-order valence-corrected chi connectivity index (χ1v) is 7.60. The molecule has 1 aromatic heterocycles. The fourth-order valence-electron chi connectivity index (χ4n) is 1.13. The standard InChI is InChI=1S/C13H19NO3S2/c1-8(15)9-7-18-11(14-9)19-13(5,6)10(16)17-12(2,3)4/h7H,1-6H3. The van der Waals surface area contributed by atoms with Crippen LogP contribution in [0.3, 0.4) is 0 Å². The molecule has 1 rings (SSSR count). The number of carbonyl (C=O) groups excluding carboxylic acids is 2. The zero-order valence-electron chi connectivity index (χ0n) is 12.1. The molecule has 0 aliphatic heterocycles. The Balaban J connectivity index is 2.78. The molecule has 106 valence electrons. The van der Waals surface area contributed by atoms with Gasteiger partial charge in [-0.25, -0.2) is 4.98 Å². The van der Waals surface area contributed by atoms with Crippen LogP contribution in [0.15, 0.2) is 9.72 Å². The summed E-state index contributed by atoms with van der Waals surface area (Å²) in [6, 6.07) is 0. The molecule has 0 amide bonds. The Morgan fingerprint density at radius 1 is 1.26 bits per heavy atom. The predicted molar refractivity (Wildman–Crippen MR) is 77.9 cm³/mol. The second kappa shape index (κ2) is 5.63. The van der Waals surface area contributed by atoms with E-state index in [4.69, 9.17) is 4.74 Å². The summed E-state index contributed by atoms with van der Waals surface area (Å²) < 4.78 is 5.34. The summed E-state index contributed by atoms with van der Waals surface area (Å²) in [5.41, 5.74) is -0.0741. The van der Waals surface area contributed by atoms with Gasteiger partial charge in [0, 0.05) is 12.3 Å². The smallest absolute Gasteiger partial charge is 0.322 e. The van der Waals surface area contributed by atoms with Crippen molar-refractivity contribution in [3.63, 3.8) is 0 Å². The first-order valence-electron chi connectivity index (χ1n) is 5.90. The number of thioether (sulfide) groups is 1. The highest BCUT2D eigenvalue weighted by Gasteiger charge is 2.34. The van der Waals surface area contributed by atoms with Crippen LogP contribution in [0.25, 0.3) is 0 Å². The lowest BCUT2D eigenvalue weighted by molar-refractivity contribution is -0.156. The highest BCUT2D eigenvalue weighted by molar-refractivity contribution is 8.03. The normalized spacial score (nSPS) is 12.3. The maximum Gasteiger partial charge on any atom is 0.322 e. The Morgan fingerprint density at radius 2 is 1.84 bits per heavy atom. The van der Waals surface area contributed by atoms with Crippen molar-refractivity contribution in [3.8, 4) is 0 Å². The van der Waals surface area contributed by atoms with Crippen molar-refractivity contribution in [1.82, 2.24) is 4.98 Å². The summed E-state index contributed by atoms with van der Waals surface area (Å²) in [5, 5.41) is 1.70. The van der Waals surface area contributed by atoms with Crippen molar-refractivity contribution in [3.05, 3.63) is 11.1 Å². The first-order chi connectivity index (χ1) is 8.51. The SMILES string of the molecule is CC(=O)c1csc(SC(C)(C)C(=O)OC(C)(C)C)n1. The van der Waals surface area contributed by atoms with Gasteiger partial charge in [-0.2, -0.15) is 0 Å². The topological polar surface area (TPSA) is 56.3 Å². The molecule has 0 bridgehead atoms. The summed E-state index contributed by atoms with van der Waals surface area (Å²) in [6.07, 6.45) is 0. The van der Waals surface area contributed by atoms with E-state index in [9.17, 15) is 9.59 Å². The van der Waals surface area contributed by atoms with Crippen molar-refractivity contribution >= 4 is 34.9 Å². The largest absolute Gasteiger partial charge is 0.459 e. The van der Waals surface area contributed by atoms with Gasteiger partial charge in [-0.3, -0.25) is 9.59 Å². The van der Waals surface area contributed by atoms with Crippen LogP contribution in [-0.4, -0.2) is 27.1 Å². The van der Waals surface area contributed by atoms with E-state index in [0.29, 0.717) is 10.0 Å². The molecule has 0 saturated carbocycles. The van der Waals surface area contributed by atoms with Gasteiger partial charge >= 0.3 is 5.97 Å². The maximum atomic E-state index is 12.1.